The van der Waals surface area contributed by atoms with Crippen LogP contribution in [-0.4, -0.2) is 6.54 Å². The molecule has 2 aliphatic rings. The summed E-state index contributed by atoms with van der Waals surface area (Å²) in [6.07, 6.45) is 16.7. The second kappa shape index (κ2) is 8.51. The third-order valence-electron chi connectivity index (χ3n) is 4.93. The lowest BCUT2D eigenvalue weighted by atomic mass is 9.94. The lowest BCUT2D eigenvalue weighted by Crippen LogP contribution is -2.07. The highest BCUT2D eigenvalue weighted by Gasteiger charge is 2.18. The molecule has 4 N–H and O–H groups in total. The summed E-state index contributed by atoms with van der Waals surface area (Å²) in [6.45, 7) is 0.833. The SMILES string of the molecule is NCCCCCCC(=C1CCCC1)C(N)=C1CCCC1. The van der Waals surface area contributed by atoms with Gasteiger partial charge < -0.3 is 11.5 Å². The zero-order valence-corrected chi connectivity index (χ0v) is 13.1. The van der Waals surface area contributed by atoms with Gasteiger partial charge in [0.15, 0.2) is 0 Å². The van der Waals surface area contributed by atoms with Gasteiger partial charge in [-0.05, 0) is 88.3 Å². The normalized spacial score (nSPS) is 18.9. The molecule has 0 aromatic rings. The third kappa shape index (κ3) is 4.37. The van der Waals surface area contributed by atoms with E-state index in [4.69, 9.17) is 11.5 Å². The number of unbranched alkanes of at least 4 members (excludes halogenated alkanes) is 3. The average Bonchev–Trinajstić information content (AvgIpc) is 3.14. The van der Waals surface area contributed by atoms with Gasteiger partial charge in [0, 0.05) is 5.70 Å². The predicted molar refractivity (Wildman–Crippen MR) is 87.3 cm³/mol. The Morgan fingerprint density at radius 3 is 1.90 bits per heavy atom. The summed E-state index contributed by atoms with van der Waals surface area (Å²) in [5.41, 5.74) is 18.1. The second-order valence-electron chi connectivity index (χ2n) is 6.47. The maximum absolute atomic E-state index is 6.55. The summed E-state index contributed by atoms with van der Waals surface area (Å²) in [7, 11) is 0. The molecule has 2 rings (SSSR count). The molecule has 0 bridgehead atoms. The molecular formula is C18H32N2. The standard InChI is InChI=1S/C18H32N2/c19-14-8-2-1-3-13-17(15-9-4-5-10-15)18(20)16-11-6-7-12-16/h1-14,19-20H2. The van der Waals surface area contributed by atoms with Gasteiger partial charge in [-0.3, -0.25) is 0 Å². The maximum Gasteiger partial charge on any atom is 0.0337 e. The molecule has 0 atom stereocenters. The number of hydrogen-bond donors (Lipinski definition) is 2. The van der Waals surface area contributed by atoms with Crippen LogP contribution in [0.15, 0.2) is 22.4 Å². The maximum atomic E-state index is 6.55. The molecule has 0 radical (unpaired) electrons. The molecule has 0 saturated heterocycles. The summed E-state index contributed by atoms with van der Waals surface area (Å²) in [6, 6.07) is 0. The molecular weight excluding hydrogens is 244 g/mol. The van der Waals surface area contributed by atoms with Crippen LogP contribution >= 0.6 is 0 Å². The van der Waals surface area contributed by atoms with E-state index in [1.807, 2.05) is 0 Å². The van der Waals surface area contributed by atoms with Gasteiger partial charge in [0.1, 0.15) is 0 Å². The summed E-state index contributed by atoms with van der Waals surface area (Å²) in [5, 5.41) is 0. The summed E-state index contributed by atoms with van der Waals surface area (Å²) >= 11 is 0. The molecule has 0 aromatic heterocycles. The van der Waals surface area contributed by atoms with Crippen molar-refractivity contribution in [1.29, 1.82) is 0 Å². The van der Waals surface area contributed by atoms with Crippen molar-refractivity contribution in [3.8, 4) is 0 Å². The third-order valence-corrected chi connectivity index (χ3v) is 4.93. The molecule has 20 heavy (non-hydrogen) atoms. The van der Waals surface area contributed by atoms with E-state index in [2.05, 4.69) is 0 Å². The molecule has 2 fully saturated rings. The lowest BCUT2D eigenvalue weighted by Gasteiger charge is -2.15. The van der Waals surface area contributed by atoms with Crippen molar-refractivity contribution in [1.82, 2.24) is 0 Å². The molecule has 0 aliphatic heterocycles. The molecule has 2 heteroatoms. The molecule has 0 heterocycles. The van der Waals surface area contributed by atoms with E-state index in [0.29, 0.717) is 0 Å². The Labute approximate surface area is 124 Å². The van der Waals surface area contributed by atoms with Gasteiger partial charge in [0.05, 0.1) is 0 Å². The quantitative estimate of drug-likeness (QED) is 0.670. The zero-order valence-electron chi connectivity index (χ0n) is 13.1. The van der Waals surface area contributed by atoms with Gasteiger partial charge >= 0.3 is 0 Å². The number of hydrogen-bond acceptors (Lipinski definition) is 2. The van der Waals surface area contributed by atoms with E-state index in [0.717, 1.165) is 6.54 Å². The van der Waals surface area contributed by atoms with Gasteiger partial charge in [-0.25, -0.2) is 0 Å². The Hall–Kier alpha value is -0.760. The van der Waals surface area contributed by atoms with Crippen LogP contribution in [0.4, 0.5) is 0 Å². The van der Waals surface area contributed by atoms with E-state index in [-0.39, 0.29) is 0 Å². The summed E-state index contributed by atoms with van der Waals surface area (Å²) < 4.78 is 0. The van der Waals surface area contributed by atoms with Crippen LogP contribution in [0, 0.1) is 0 Å². The van der Waals surface area contributed by atoms with Crippen molar-refractivity contribution in [2.24, 2.45) is 11.5 Å². The van der Waals surface area contributed by atoms with E-state index in [9.17, 15) is 0 Å². The minimum atomic E-state index is 0.833. The van der Waals surface area contributed by atoms with Gasteiger partial charge in [-0.2, -0.15) is 0 Å². The molecule has 0 amide bonds. The largest absolute Gasteiger partial charge is 0.399 e. The Kier molecular flexibility index (Phi) is 6.65. The van der Waals surface area contributed by atoms with E-state index in [1.54, 1.807) is 16.7 Å². The molecule has 2 saturated carbocycles. The zero-order chi connectivity index (χ0) is 14.2. The van der Waals surface area contributed by atoms with Crippen LogP contribution in [0.3, 0.4) is 0 Å². The van der Waals surface area contributed by atoms with Gasteiger partial charge in [0.2, 0.25) is 0 Å². The van der Waals surface area contributed by atoms with Gasteiger partial charge in [-0.1, -0.05) is 18.4 Å². The van der Waals surface area contributed by atoms with Crippen LogP contribution < -0.4 is 11.5 Å². The molecule has 0 spiro atoms. The first-order valence-electron chi connectivity index (χ1n) is 8.71. The monoisotopic (exact) mass is 276 g/mol. The number of rotatable bonds is 7. The van der Waals surface area contributed by atoms with Crippen molar-refractivity contribution in [2.45, 2.75) is 83.5 Å². The first kappa shape index (κ1) is 15.6. The van der Waals surface area contributed by atoms with E-state index >= 15 is 0 Å². The molecule has 2 aliphatic carbocycles. The highest BCUT2D eigenvalue weighted by molar-refractivity contribution is 5.38. The van der Waals surface area contributed by atoms with Crippen LogP contribution in [0.25, 0.3) is 0 Å². The Balaban J connectivity index is 1.98. The fraction of sp³-hybridized carbons (Fsp3) is 0.778. The fourth-order valence-corrected chi connectivity index (χ4v) is 3.69. The smallest absolute Gasteiger partial charge is 0.0337 e. The van der Waals surface area contributed by atoms with Gasteiger partial charge in [0.25, 0.3) is 0 Å². The van der Waals surface area contributed by atoms with Crippen LogP contribution in [-0.2, 0) is 0 Å². The van der Waals surface area contributed by atoms with Crippen LogP contribution in [0.2, 0.25) is 0 Å². The number of allylic oxidation sites excluding steroid dienone is 3. The van der Waals surface area contributed by atoms with Crippen LogP contribution in [0.1, 0.15) is 83.5 Å². The van der Waals surface area contributed by atoms with Crippen molar-refractivity contribution < 1.29 is 0 Å². The molecule has 0 aromatic carbocycles. The van der Waals surface area contributed by atoms with Crippen molar-refractivity contribution in [3.63, 3.8) is 0 Å². The molecule has 2 nitrogen and oxygen atoms in total. The number of nitrogens with two attached hydrogens (primary N) is 2. The first-order chi connectivity index (χ1) is 9.83. The minimum absolute atomic E-state index is 0.833. The minimum Gasteiger partial charge on any atom is -0.399 e. The van der Waals surface area contributed by atoms with Crippen molar-refractivity contribution in [2.75, 3.05) is 6.54 Å². The fourth-order valence-electron chi connectivity index (χ4n) is 3.69. The van der Waals surface area contributed by atoms with E-state index in [1.165, 1.54) is 89.2 Å². The predicted octanol–water partition coefficient (Wildman–Crippen LogP) is 4.55. The summed E-state index contributed by atoms with van der Waals surface area (Å²) in [5.74, 6) is 0. The second-order valence-corrected chi connectivity index (χ2v) is 6.47. The molecule has 0 unspecified atom stereocenters. The average molecular weight is 276 g/mol. The Morgan fingerprint density at radius 2 is 1.30 bits per heavy atom. The summed E-state index contributed by atoms with van der Waals surface area (Å²) in [4.78, 5) is 0. The Bertz CT molecular complexity index is 350. The highest BCUT2D eigenvalue weighted by Crippen LogP contribution is 2.35. The van der Waals surface area contributed by atoms with E-state index < -0.39 is 0 Å². The highest BCUT2D eigenvalue weighted by atomic mass is 14.6. The Morgan fingerprint density at radius 1 is 0.750 bits per heavy atom. The topological polar surface area (TPSA) is 52.0 Å². The van der Waals surface area contributed by atoms with Crippen molar-refractivity contribution in [3.05, 3.63) is 22.4 Å². The van der Waals surface area contributed by atoms with Crippen molar-refractivity contribution >= 4 is 0 Å². The molecule has 114 valence electrons. The van der Waals surface area contributed by atoms with Gasteiger partial charge in [-0.15, -0.1) is 0 Å². The lowest BCUT2D eigenvalue weighted by molar-refractivity contribution is 0.642. The van der Waals surface area contributed by atoms with Crippen LogP contribution in [0.5, 0.6) is 0 Å². The first-order valence-corrected chi connectivity index (χ1v) is 8.71.